The first-order valence-corrected chi connectivity index (χ1v) is 4.33. The Bertz CT molecular complexity index is 204. The van der Waals surface area contributed by atoms with E-state index in [2.05, 4.69) is 5.32 Å². The van der Waals surface area contributed by atoms with Crippen LogP contribution in [0.4, 0.5) is 8.78 Å². The minimum Gasteiger partial charge on any atom is -0.310 e. The third kappa shape index (κ3) is 1.98. The highest BCUT2D eigenvalue weighted by molar-refractivity contribution is 5.85. The van der Waals surface area contributed by atoms with Gasteiger partial charge in [-0.3, -0.25) is 0 Å². The summed E-state index contributed by atoms with van der Waals surface area (Å²) in [6.45, 7) is 1.68. The van der Waals surface area contributed by atoms with Crippen LogP contribution in [0.3, 0.4) is 0 Å². The summed E-state index contributed by atoms with van der Waals surface area (Å²) in [6.07, 6.45) is 0.628. The smallest absolute Gasteiger partial charge is 0.268 e. The van der Waals surface area contributed by atoms with E-state index < -0.39 is 11.3 Å². The molecule has 2 aliphatic heterocycles. The molecule has 0 aromatic heterocycles. The molecule has 6 heteroatoms. The summed E-state index contributed by atoms with van der Waals surface area (Å²) < 4.78 is 26.8. The van der Waals surface area contributed by atoms with E-state index in [9.17, 15) is 8.78 Å². The highest BCUT2D eigenvalue weighted by Crippen LogP contribution is 2.46. The highest BCUT2D eigenvalue weighted by Gasteiger charge is 2.59. The molecule has 0 radical (unpaired) electrons. The van der Waals surface area contributed by atoms with E-state index in [-0.39, 0.29) is 31.4 Å². The summed E-state index contributed by atoms with van der Waals surface area (Å²) in [7, 11) is 1.91. The molecule has 2 fully saturated rings. The van der Waals surface area contributed by atoms with Crippen molar-refractivity contribution in [3.8, 4) is 0 Å². The van der Waals surface area contributed by atoms with Crippen molar-refractivity contribution in [2.75, 3.05) is 33.2 Å². The molecule has 0 amide bonds. The highest BCUT2D eigenvalue weighted by atomic mass is 35.5. The Labute approximate surface area is 95.2 Å². The third-order valence-electron chi connectivity index (χ3n) is 3.13. The molecule has 2 heterocycles. The minimum atomic E-state index is -2.50. The Balaban J connectivity index is 0.000000845. The Hall–Kier alpha value is 0.360. The number of likely N-dealkylation sites (tertiary alicyclic amines) is 1. The van der Waals surface area contributed by atoms with Crippen molar-refractivity contribution in [3.05, 3.63) is 0 Å². The standard InChI is InChI=1S/C8H14F2N2.2ClH/c1-12-3-2-7(6-12)4-11-5-8(7,9)10;;/h11H,2-6H2,1H3;2*1H. The summed E-state index contributed by atoms with van der Waals surface area (Å²) in [5.74, 6) is -2.50. The molecule has 2 nitrogen and oxygen atoms in total. The van der Waals surface area contributed by atoms with Crippen LogP contribution in [-0.4, -0.2) is 44.0 Å². The quantitative estimate of drug-likeness (QED) is 0.698. The van der Waals surface area contributed by atoms with Crippen LogP contribution in [-0.2, 0) is 0 Å². The molecule has 2 rings (SSSR count). The maximum atomic E-state index is 13.4. The summed E-state index contributed by atoms with van der Waals surface area (Å²) >= 11 is 0. The van der Waals surface area contributed by atoms with Crippen molar-refractivity contribution in [2.45, 2.75) is 12.3 Å². The van der Waals surface area contributed by atoms with E-state index in [1.165, 1.54) is 0 Å². The van der Waals surface area contributed by atoms with Gasteiger partial charge in [-0.15, -0.1) is 24.8 Å². The number of nitrogens with one attached hydrogen (secondary N) is 1. The molecule has 0 aliphatic carbocycles. The molecular weight excluding hydrogens is 233 g/mol. The second kappa shape index (κ2) is 4.47. The van der Waals surface area contributed by atoms with Gasteiger partial charge in [0.05, 0.1) is 12.0 Å². The van der Waals surface area contributed by atoms with Gasteiger partial charge in [-0.2, -0.15) is 0 Å². The molecule has 1 N–H and O–H groups in total. The third-order valence-corrected chi connectivity index (χ3v) is 3.13. The van der Waals surface area contributed by atoms with Gasteiger partial charge in [-0.25, -0.2) is 8.78 Å². The van der Waals surface area contributed by atoms with Gasteiger partial charge in [-0.1, -0.05) is 0 Å². The fourth-order valence-corrected chi connectivity index (χ4v) is 2.30. The molecule has 0 aromatic rings. The van der Waals surface area contributed by atoms with Gasteiger partial charge in [0.2, 0.25) is 0 Å². The van der Waals surface area contributed by atoms with Crippen LogP contribution in [0, 0.1) is 5.41 Å². The van der Waals surface area contributed by atoms with Crippen molar-refractivity contribution >= 4 is 24.8 Å². The van der Waals surface area contributed by atoms with Crippen molar-refractivity contribution < 1.29 is 8.78 Å². The molecular formula is C8H16Cl2F2N2. The molecule has 1 spiro atoms. The first-order chi connectivity index (χ1) is 5.56. The number of hydrogen-bond donors (Lipinski definition) is 1. The molecule has 0 saturated carbocycles. The molecule has 1 atom stereocenters. The predicted molar refractivity (Wildman–Crippen MR) is 56.9 cm³/mol. The van der Waals surface area contributed by atoms with Gasteiger partial charge < -0.3 is 10.2 Å². The van der Waals surface area contributed by atoms with Crippen LogP contribution >= 0.6 is 24.8 Å². The lowest BCUT2D eigenvalue weighted by atomic mass is 9.83. The maximum absolute atomic E-state index is 13.4. The average molecular weight is 249 g/mol. The van der Waals surface area contributed by atoms with E-state index in [1.807, 2.05) is 11.9 Å². The number of hydrogen-bond acceptors (Lipinski definition) is 2. The van der Waals surface area contributed by atoms with Crippen LogP contribution in [0.25, 0.3) is 0 Å². The SMILES string of the molecule is CN1CCC2(CNCC2(F)F)C1.Cl.Cl. The Morgan fingerprint density at radius 3 is 2.21 bits per heavy atom. The number of halogens is 4. The van der Waals surface area contributed by atoms with Gasteiger partial charge in [0, 0.05) is 13.1 Å². The molecule has 2 saturated heterocycles. The lowest BCUT2D eigenvalue weighted by molar-refractivity contribution is -0.0765. The lowest BCUT2D eigenvalue weighted by Gasteiger charge is -2.29. The van der Waals surface area contributed by atoms with Gasteiger partial charge in [-0.05, 0) is 20.0 Å². The Kier molecular flexibility index (Phi) is 4.59. The van der Waals surface area contributed by atoms with E-state index >= 15 is 0 Å². The lowest BCUT2D eigenvalue weighted by Crippen LogP contribution is -2.41. The molecule has 14 heavy (non-hydrogen) atoms. The van der Waals surface area contributed by atoms with Crippen LogP contribution in [0.5, 0.6) is 0 Å². The largest absolute Gasteiger partial charge is 0.310 e. The van der Waals surface area contributed by atoms with E-state index in [0.29, 0.717) is 19.5 Å². The maximum Gasteiger partial charge on any atom is 0.268 e. The second-order valence-corrected chi connectivity index (χ2v) is 4.08. The minimum absolute atomic E-state index is 0. The number of rotatable bonds is 0. The van der Waals surface area contributed by atoms with Crippen LogP contribution in [0.1, 0.15) is 6.42 Å². The molecule has 86 valence electrons. The molecule has 0 bridgehead atoms. The number of nitrogens with zero attached hydrogens (tertiary/aromatic N) is 1. The van der Waals surface area contributed by atoms with E-state index in [0.717, 1.165) is 6.54 Å². The zero-order valence-electron chi connectivity index (χ0n) is 8.06. The van der Waals surface area contributed by atoms with Crippen molar-refractivity contribution in [2.24, 2.45) is 5.41 Å². The van der Waals surface area contributed by atoms with E-state index in [4.69, 9.17) is 0 Å². The summed E-state index contributed by atoms with van der Waals surface area (Å²) in [5.41, 5.74) is -0.762. The Morgan fingerprint density at radius 1 is 1.21 bits per heavy atom. The van der Waals surface area contributed by atoms with Crippen molar-refractivity contribution in [1.29, 1.82) is 0 Å². The summed E-state index contributed by atoms with van der Waals surface area (Å²) in [5, 5.41) is 2.79. The van der Waals surface area contributed by atoms with Crippen LogP contribution in [0.15, 0.2) is 0 Å². The first-order valence-electron chi connectivity index (χ1n) is 4.33. The number of alkyl halides is 2. The summed E-state index contributed by atoms with van der Waals surface area (Å²) in [4.78, 5) is 1.99. The monoisotopic (exact) mass is 248 g/mol. The van der Waals surface area contributed by atoms with Gasteiger partial charge in [0.25, 0.3) is 5.92 Å². The zero-order chi connectivity index (χ0) is 8.82. The van der Waals surface area contributed by atoms with Crippen LogP contribution in [0.2, 0.25) is 0 Å². The second-order valence-electron chi connectivity index (χ2n) is 4.08. The first kappa shape index (κ1) is 14.4. The molecule has 1 unspecified atom stereocenters. The fraction of sp³-hybridized carbons (Fsp3) is 1.00. The van der Waals surface area contributed by atoms with Crippen molar-refractivity contribution in [3.63, 3.8) is 0 Å². The average Bonchev–Trinajstić information content (AvgIpc) is 2.43. The molecule has 2 aliphatic rings. The Morgan fingerprint density at radius 2 is 1.86 bits per heavy atom. The fourth-order valence-electron chi connectivity index (χ4n) is 2.30. The predicted octanol–water partition coefficient (Wildman–Crippen LogP) is 1.39. The molecule has 0 aromatic carbocycles. The zero-order valence-corrected chi connectivity index (χ0v) is 9.69. The van der Waals surface area contributed by atoms with Gasteiger partial charge in [0.1, 0.15) is 0 Å². The normalized spacial score (nSPS) is 35.4. The summed E-state index contributed by atoms with van der Waals surface area (Å²) in [6, 6.07) is 0. The van der Waals surface area contributed by atoms with Crippen molar-refractivity contribution in [1.82, 2.24) is 10.2 Å². The van der Waals surface area contributed by atoms with E-state index in [1.54, 1.807) is 0 Å². The van der Waals surface area contributed by atoms with Gasteiger partial charge >= 0.3 is 0 Å². The van der Waals surface area contributed by atoms with Gasteiger partial charge in [0.15, 0.2) is 0 Å². The topological polar surface area (TPSA) is 15.3 Å². The van der Waals surface area contributed by atoms with Crippen LogP contribution < -0.4 is 5.32 Å².